The predicted molar refractivity (Wildman–Crippen MR) is 20.3 cm³/mol. The minimum atomic E-state index is -2.28. The predicted octanol–water partition coefficient (Wildman–Crippen LogP) is 0.359. The van der Waals surface area contributed by atoms with Crippen molar-refractivity contribution in [2.75, 3.05) is 0 Å². The van der Waals surface area contributed by atoms with E-state index >= 15 is 0 Å². The van der Waals surface area contributed by atoms with Crippen LogP contribution in [0.25, 0.3) is 0 Å². The summed E-state index contributed by atoms with van der Waals surface area (Å²) in [6.07, 6.45) is 0. The van der Waals surface area contributed by atoms with Crippen LogP contribution in [0, 0.1) is 0 Å². The van der Waals surface area contributed by atoms with Crippen molar-refractivity contribution in [1.82, 2.24) is 0 Å². The first kappa shape index (κ1) is 5.10. The standard InChI is InChI=1S/BrNO2S/c1-2-5(3)4. The van der Waals surface area contributed by atoms with Gasteiger partial charge in [-0.3, -0.25) is 0 Å². The highest BCUT2D eigenvalue weighted by Gasteiger charge is 1.50. The van der Waals surface area contributed by atoms with Crippen LogP contribution in [0.4, 0.5) is 0 Å². The smallest absolute Gasteiger partial charge is 0.163 e. The Labute approximate surface area is 39.0 Å². The summed E-state index contributed by atoms with van der Waals surface area (Å²) < 4.78 is 20.9. The maximum absolute atomic E-state index is 9.15. The molecule has 0 amide bonds. The van der Waals surface area contributed by atoms with Gasteiger partial charge in [0.15, 0.2) is 0 Å². The summed E-state index contributed by atoms with van der Waals surface area (Å²) in [7, 11) is -2.28. The molecule has 0 heterocycles. The molecule has 0 fully saturated rings. The first-order valence-corrected chi connectivity index (χ1v) is 2.43. The van der Waals surface area contributed by atoms with Crippen molar-refractivity contribution >= 4 is 26.6 Å². The maximum Gasteiger partial charge on any atom is 0.322 e. The lowest BCUT2D eigenvalue weighted by Gasteiger charge is -1.36. The van der Waals surface area contributed by atoms with Crippen LogP contribution < -0.4 is 0 Å². The molecule has 0 aromatic heterocycles. The molecule has 0 saturated heterocycles. The molecule has 5 heteroatoms. The molecule has 5 heavy (non-hydrogen) atoms. The van der Waals surface area contributed by atoms with E-state index in [0.717, 1.165) is 0 Å². The van der Waals surface area contributed by atoms with E-state index in [0.29, 0.717) is 0 Å². The Morgan fingerprint density at radius 2 is 1.80 bits per heavy atom. The van der Waals surface area contributed by atoms with Gasteiger partial charge in [-0.1, -0.05) is 3.39 Å². The second-order valence-electron chi connectivity index (χ2n) is 0.286. The van der Waals surface area contributed by atoms with Crippen molar-refractivity contribution in [1.29, 1.82) is 0 Å². The van der Waals surface area contributed by atoms with Crippen LogP contribution in [0.1, 0.15) is 0 Å². The van der Waals surface area contributed by atoms with Crippen LogP contribution in [-0.2, 0) is 10.5 Å². The molecule has 30 valence electrons. The summed E-state index contributed by atoms with van der Waals surface area (Å²) in [5.74, 6) is 0. The van der Waals surface area contributed by atoms with Crippen molar-refractivity contribution in [3.63, 3.8) is 0 Å². The molecule has 0 N–H and O–H groups in total. The lowest BCUT2D eigenvalue weighted by Crippen LogP contribution is -1.39. The normalized spacial score (nSPS) is 6.60. The molecule has 3 nitrogen and oxygen atoms in total. The second kappa shape index (κ2) is 2.34. The van der Waals surface area contributed by atoms with Crippen LogP contribution >= 0.6 is 16.1 Å². The maximum atomic E-state index is 9.15. The SMILES string of the molecule is O=S(=O)=NBr. The molecule has 0 rings (SSSR count). The molecule has 0 spiro atoms. The fraction of sp³-hybridized carbons (Fsp3) is 0. The molecule has 0 unspecified atom stereocenters. The van der Waals surface area contributed by atoms with Gasteiger partial charge >= 0.3 is 10.5 Å². The summed E-state index contributed by atoms with van der Waals surface area (Å²) in [5.41, 5.74) is 0. The van der Waals surface area contributed by atoms with Crippen LogP contribution in [-0.4, -0.2) is 8.42 Å². The molecule has 0 aromatic carbocycles. The summed E-state index contributed by atoms with van der Waals surface area (Å²) in [6.45, 7) is 0. The molecule has 0 saturated carbocycles. The largest absolute Gasteiger partial charge is 0.322 e. The van der Waals surface area contributed by atoms with Crippen LogP contribution in [0.3, 0.4) is 0 Å². The van der Waals surface area contributed by atoms with E-state index in [1.165, 1.54) is 0 Å². The van der Waals surface area contributed by atoms with Crippen LogP contribution in [0.15, 0.2) is 3.39 Å². The van der Waals surface area contributed by atoms with E-state index in [-0.39, 0.29) is 0 Å². The number of nitrogens with zero attached hydrogens (tertiary/aromatic N) is 1. The zero-order chi connectivity index (χ0) is 4.28. The summed E-state index contributed by atoms with van der Waals surface area (Å²) in [6, 6.07) is 0. The van der Waals surface area contributed by atoms with E-state index in [2.05, 4.69) is 19.5 Å². The molecule has 0 aromatic rings. The Morgan fingerprint density at radius 1 is 1.60 bits per heavy atom. The van der Waals surface area contributed by atoms with Crippen molar-refractivity contribution in [3.8, 4) is 0 Å². The third kappa shape index (κ3) is 4.10. The van der Waals surface area contributed by atoms with Crippen molar-refractivity contribution in [3.05, 3.63) is 0 Å². The van der Waals surface area contributed by atoms with Gasteiger partial charge in [0.05, 0.1) is 16.1 Å². The number of halogens is 1. The highest BCUT2D eigenvalue weighted by Crippen LogP contribution is 1.73. The number of hydrogen-bond acceptors (Lipinski definition) is 3. The first-order chi connectivity index (χ1) is 2.27. The molecule has 0 aliphatic carbocycles. The Hall–Kier alpha value is 0.100. The topological polar surface area (TPSA) is 46.5 Å². The van der Waals surface area contributed by atoms with Gasteiger partial charge in [0, 0.05) is 0 Å². The molecule has 0 bridgehead atoms. The minimum absolute atomic E-state index is 2.28. The summed E-state index contributed by atoms with van der Waals surface area (Å²) in [5, 5.41) is 0. The Balaban J connectivity index is 4.25. The van der Waals surface area contributed by atoms with Crippen molar-refractivity contribution in [2.24, 2.45) is 3.39 Å². The second-order valence-corrected chi connectivity index (χ2v) is 1.73. The molecule has 0 radical (unpaired) electrons. The van der Waals surface area contributed by atoms with Gasteiger partial charge in [0.25, 0.3) is 0 Å². The fourth-order valence-corrected chi connectivity index (χ4v) is 0. The molecule has 0 aliphatic rings. The van der Waals surface area contributed by atoms with E-state index in [1.54, 1.807) is 0 Å². The van der Waals surface area contributed by atoms with E-state index in [9.17, 15) is 0 Å². The van der Waals surface area contributed by atoms with E-state index in [1.807, 2.05) is 0 Å². The average molecular weight is 158 g/mol. The zero-order valence-electron chi connectivity index (χ0n) is 2.05. The monoisotopic (exact) mass is 157 g/mol. The summed E-state index contributed by atoms with van der Waals surface area (Å²) >= 11 is 2.33. The highest BCUT2D eigenvalue weighted by atomic mass is 79.9. The Bertz CT molecular complexity index is 113. The number of rotatable bonds is 0. The molecular weight excluding hydrogens is 158 g/mol. The lowest BCUT2D eigenvalue weighted by molar-refractivity contribution is 0.623. The average Bonchev–Trinajstić information content (AvgIpc) is 1.38. The Kier molecular flexibility index (Phi) is 2.39. The first-order valence-electron chi connectivity index (χ1n) is 0.685. The zero-order valence-corrected chi connectivity index (χ0v) is 4.45. The van der Waals surface area contributed by atoms with Gasteiger partial charge < -0.3 is 0 Å². The van der Waals surface area contributed by atoms with Crippen molar-refractivity contribution < 1.29 is 8.42 Å². The third-order valence-corrected chi connectivity index (χ3v) is 0.878. The van der Waals surface area contributed by atoms with Gasteiger partial charge in [-0.05, 0) is 0 Å². The van der Waals surface area contributed by atoms with Gasteiger partial charge in [-0.25, -0.2) is 0 Å². The van der Waals surface area contributed by atoms with Gasteiger partial charge in [0.2, 0.25) is 0 Å². The van der Waals surface area contributed by atoms with Crippen LogP contribution in [0.5, 0.6) is 0 Å². The Morgan fingerprint density at radius 3 is 1.80 bits per heavy atom. The van der Waals surface area contributed by atoms with Crippen molar-refractivity contribution in [2.45, 2.75) is 0 Å². The van der Waals surface area contributed by atoms with Gasteiger partial charge in [-0.15, -0.1) is 0 Å². The van der Waals surface area contributed by atoms with E-state index < -0.39 is 10.5 Å². The fourth-order valence-electron chi connectivity index (χ4n) is 0. The molecule has 0 atom stereocenters. The number of hydrogen-bond donors (Lipinski definition) is 0. The van der Waals surface area contributed by atoms with Gasteiger partial charge in [-0.2, -0.15) is 8.42 Å². The molecular formula is BrNO2S. The van der Waals surface area contributed by atoms with E-state index in [4.69, 9.17) is 8.42 Å². The molecule has 0 aliphatic heterocycles. The minimum Gasteiger partial charge on any atom is -0.163 e. The highest BCUT2D eigenvalue weighted by molar-refractivity contribution is 9.08. The van der Waals surface area contributed by atoms with Gasteiger partial charge in [0.1, 0.15) is 0 Å². The quantitative estimate of drug-likeness (QED) is 0.510. The lowest BCUT2D eigenvalue weighted by atomic mass is 14.0. The third-order valence-electron chi connectivity index (χ3n) is 0.0563. The van der Waals surface area contributed by atoms with Crippen LogP contribution in [0.2, 0.25) is 0 Å². The summed E-state index contributed by atoms with van der Waals surface area (Å²) in [4.78, 5) is 0.